The lowest BCUT2D eigenvalue weighted by Gasteiger charge is -2.19. The molecule has 0 aliphatic carbocycles. The molecule has 2 amide bonds. The quantitative estimate of drug-likeness (QED) is 0.848. The van der Waals surface area contributed by atoms with Crippen molar-refractivity contribution >= 4 is 23.2 Å². The Bertz CT molecular complexity index is 656. The standard InChI is InChI=1S/C17H20N2O3S/c1-19(12-13-6-3-4-7-14(13)22-2)16(20)9-10-18-17(21)15-8-5-11-23-15/h3-8,11H,9-10,12H2,1-2H3,(H,18,21). The number of thiophene rings is 1. The van der Waals surface area contributed by atoms with E-state index in [4.69, 9.17) is 4.74 Å². The van der Waals surface area contributed by atoms with Gasteiger partial charge in [0.2, 0.25) is 5.91 Å². The van der Waals surface area contributed by atoms with Crippen molar-refractivity contribution < 1.29 is 14.3 Å². The lowest BCUT2D eigenvalue weighted by Crippen LogP contribution is -2.31. The Morgan fingerprint density at radius 2 is 2.00 bits per heavy atom. The molecule has 0 unspecified atom stereocenters. The van der Waals surface area contributed by atoms with Crippen LogP contribution in [-0.4, -0.2) is 37.4 Å². The number of hydrogen-bond donors (Lipinski definition) is 1. The smallest absolute Gasteiger partial charge is 0.261 e. The van der Waals surface area contributed by atoms with Gasteiger partial charge in [-0.1, -0.05) is 24.3 Å². The number of carbonyl (C=O) groups is 2. The van der Waals surface area contributed by atoms with Crippen LogP contribution in [0.4, 0.5) is 0 Å². The highest BCUT2D eigenvalue weighted by molar-refractivity contribution is 7.12. The second-order valence-electron chi connectivity index (χ2n) is 5.04. The number of ether oxygens (including phenoxy) is 1. The number of rotatable bonds is 7. The average Bonchev–Trinajstić information content (AvgIpc) is 3.09. The molecule has 0 atom stereocenters. The minimum absolute atomic E-state index is 0.0256. The van der Waals surface area contributed by atoms with Crippen molar-refractivity contribution in [1.82, 2.24) is 10.2 Å². The summed E-state index contributed by atoms with van der Waals surface area (Å²) in [6.45, 7) is 0.799. The van der Waals surface area contributed by atoms with Crippen LogP contribution in [0.5, 0.6) is 5.75 Å². The second kappa shape index (κ2) is 8.33. The predicted octanol–water partition coefficient (Wildman–Crippen LogP) is 2.54. The molecular weight excluding hydrogens is 312 g/mol. The van der Waals surface area contributed by atoms with Gasteiger partial charge in [-0.25, -0.2) is 0 Å². The number of nitrogens with one attached hydrogen (secondary N) is 1. The Labute approximate surface area is 139 Å². The molecule has 1 heterocycles. The fraction of sp³-hybridized carbons (Fsp3) is 0.294. The van der Waals surface area contributed by atoms with Crippen LogP contribution >= 0.6 is 11.3 Å². The van der Waals surface area contributed by atoms with Crippen molar-refractivity contribution in [1.29, 1.82) is 0 Å². The molecule has 1 N–H and O–H groups in total. The normalized spacial score (nSPS) is 10.2. The van der Waals surface area contributed by atoms with Crippen LogP contribution < -0.4 is 10.1 Å². The largest absolute Gasteiger partial charge is 0.496 e. The minimum Gasteiger partial charge on any atom is -0.496 e. The number of amides is 2. The summed E-state index contributed by atoms with van der Waals surface area (Å²) in [6, 6.07) is 11.2. The number of benzene rings is 1. The minimum atomic E-state index is -0.139. The van der Waals surface area contributed by atoms with E-state index in [-0.39, 0.29) is 18.2 Å². The Morgan fingerprint density at radius 3 is 2.70 bits per heavy atom. The summed E-state index contributed by atoms with van der Waals surface area (Å²) in [5, 5.41) is 4.60. The van der Waals surface area contributed by atoms with Gasteiger partial charge in [0, 0.05) is 32.1 Å². The average molecular weight is 332 g/mol. The van der Waals surface area contributed by atoms with Gasteiger partial charge in [0.25, 0.3) is 5.91 Å². The number of hydrogen-bond acceptors (Lipinski definition) is 4. The molecular formula is C17H20N2O3S. The maximum Gasteiger partial charge on any atom is 0.261 e. The maximum absolute atomic E-state index is 12.2. The molecule has 0 fully saturated rings. The Kier molecular flexibility index (Phi) is 6.17. The van der Waals surface area contributed by atoms with Crippen molar-refractivity contribution in [2.75, 3.05) is 20.7 Å². The lowest BCUT2D eigenvalue weighted by molar-refractivity contribution is -0.130. The van der Waals surface area contributed by atoms with Crippen LogP contribution in [0.15, 0.2) is 41.8 Å². The van der Waals surface area contributed by atoms with E-state index in [1.807, 2.05) is 35.7 Å². The first-order valence-corrected chi connectivity index (χ1v) is 8.17. The summed E-state index contributed by atoms with van der Waals surface area (Å²) in [7, 11) is 3.36. The van der Waals surface area contributed by atoms with E-state index in [0.717, 1.165) is 11.3 Å². The first-order chi connectivity index (χ1) is 11.1. The number of nitrogens with zero attached hydrogens (tertiary/aromatic N) is 1. The summed E-state index contributed by atoms with van der Waals surface area (Å²) >= 11 is 1.38. The first-order valence-electron chi connectivity index (χ1n) is 7.29. The first kappa shape index (κ1) is 17.0. The highest BCUT2D eigenvalue weighted by Gasteiger charge is 2.12. The third-order valence-electron chi connectivity index (χ3n) is 3.40. The fourth-order valence-electron chi connectivity index (χ4n) is 2.15. The molecule has 0 bridgehead atoms. The molecule has 0 radical (unpaired) electrons. The van der Waals surface area contributed by atoms with Crippen molar-refractivity contribution in [2.24, 2.45) is 0 Å². The highest BCUT2D eigenvalue weighted by atomic mass is 32.1. The predicted molar refractivity (Wildman–Crippen MR) is 90.7 cm³/mol. The summed E-state index contributed by atoms with van der Waals surface area (Å²) in [4.78, 5) is 26.2. The van der Waals surface area contributed by atoms with Gasteiger partial charge in [-0.2, -0.15) is 0 Å². The van der Waals surface area contributed by atoms with E-state index in [2.05, 4.69) is 5.32 Å². The van der Waals surface area contributed by atoms with Crippen molar-refractivity contribution in [3.05, 3.63) is 52.2 Å². The molecule has 122 valence electrons. The molecule has 0 aliphatic heterocycles. The van der Waals surface area contributed by atoms with Crippen LogP contribution in [0.3, 0.4) is 0 Å². The van der Waals surface area contributed by atoms with Gasteiger partial charge >= 0.3 is 0 Å². The van der Waals surface area contributed by atoms with Gasteiger partial charge in [-0.05, 0) is 17.5 Å². The molecule has 0 aliphatic rings. The maximum atomic E-state index is 12.2. The van der Waals surface area contributed by atoms with E-state index >= 15 is 0 Å². The summed E-state index contributed by atoms with van der Waals surface area (Å²) in [6.07, 6.45) is 0.267. The van der Waals surface area contributed by atoms with Crippen LogP contribution in [0, 0.1) is 0 Å². The summed E-state index contributed by atoms with van der Waals surface area (Å²) < 4.78 is 5.29. The zero-order valence-electron chi connectivity index (χ0n) is 13.2. The van der Waals surface area contributed by atoms with Gasteiger partial charge in [0.05, 0.1) is 12.0 Å². The zero-order valence-corrected chi connectivity index (χ0v) is 14.1. The molecule has 5 nitrogen and oxygen atoms in total. The zero-order chi connectivity index (χ0) is 16.7. The van der Waals surface area contributed by atoms with Gasteiger partial charge < -0.3 is 15.0 Å². The van der Waals surface area contributed by atoms with Gasteiger partial charge in [-0.15, -0.1) is 11.3 Å². The Hall–Kier alpha value is -2.34. The molecule has 0 saturated heterocycles. The van der Waals surface area contributed by atoms with Crippen LogP contribution in [0.25, 0.3) is 0 Å². The molecule has 0 saturated carbocycles. The monoisotopic (exact) mass is 332 g/mol. The summed E-state index contributed by atoms with van der Waals surface area (Å²) in [5.41, 5.74) is 0.952. The second-order valence-corrected chi connectivity index (χ2v) is 5.99. The van der Waals surface area contributed by atoms with E-state index in [1.54, 1.807) is 25.1 Å². The van der Waals surface area contributed by atoms with E-state index < -0.39 is 0 Å². The van der Waals surface area contributed by atoms with E-state index in [1.165, 1.54) is 11.3 Å². The van der Waals surface area contributed by atoms with Crippen molar-refractivity contribution in [3.8, 4) is 5.75 Å². The topological polar surface area (TPSA) is 58.6 Å². The molecule has 23 heavy (non-hydrogen) atoms. The molecule has 2 aromatic rings. The molecule has 1 aromatic carbocycles. The van der Waals surface area contributed by atoms with Crippen LogP contribution in [-0.2, 0) is 11.3 Å². The van der Waals surface area contributed by atoms with Gasteiger partial charge in [0.15, 0.2) is 0 Å². The van der Waals surface area contributed by atoms with E-state index in [9.17, 15) is 9.59 Å². The third kappa shape index (κ3) is 4.82. The Balaban J connectivity index is 1.80. The number of carbonyl (C=O) groups excluding carboxylic acids is 2. The van der Waals surface area contributed by atoms with Crippen LogP contribution in [0.1, 0.15) is 21.7 Å². The molecule has 6 heteroatoms. The summed E-state index contributed by atoms with van der Waals surface area (Å²) in [5.74, 6) is 0.598. The molecule has 0 spiro atoms. The van der Waals surface area contributed by atoms with E-state index in [0.29, 0.717) is 18.0 Å². The molecule has 2 rings (SSSR count). The third-order valence-corrected chi connectivity index (χ3v) is 4.26. The lowest BCUT2D eigenvalue weighted by atomic mass is 10.2. The fourth-order valence-corrected chi connectivity index (χ4v) is 2.79. The number of methoxy groups -OCH3 is 1. The molecule has 1 aromatic heterocycles. The van der Waals surface area contributed by atoms with Gasteiger partial charge in [-0.3, -0.25) is 9.59 Å². The highest BCUT2D eigenvalue weighted by Crippen LogP contribution is 2.18. The Morgan fingerprint density at radius 1 is 1.22 bits per heavy atom. The number of para-hydroxylation sites is 1. The van der Waals surface area contributed by atoms with Crippen molar-refractivity contribution in [3.63, 3.8) is 0 Å². The van der Waals surface area contributed by atoms with Gasteiger partial charge in [0.1, 0.15) is 5.75 Å². The van der Waals surface area contributed by atoms with Crippen LogP contribution in [0.2, 0.25) is 0 Å². The van der Waals surface area contributed by atoms with Crippen molar-refractivity contribution in [2.45, 2.75) is 13.0 Å². The SMILES string of the molecule is COc1ccccc1CN(C)C(=O)CCNC(=O)c1cccs1.